The summed E-state index contributed by atoms with van der Waals surface area (Å²) in [4.78, 5) is 0. The van der Waals surface area contributed by atoms with Gasteiger partial charge in [0.25, 0.3) is 0 Å². The maximum Gasteiger partial charge on any atom is 0.0782 e. The first-order valence-electron chi connectivity index (χ1n) is 8.09. The van der Waals surface area contributed by atoms with E-state index in [1.54, 1.807) is 0 Å². The third kappa shape index (κ3) is 16.4. The zero-order valence-electron chi connectivity index (χ0n) is 14.4. The SMILES string of the molecule is CCCCCCCC[N+](C)(C)CCC[Si](C)(C)C.[Cl-]. The number of unbranched alkanes of at least 4 members (excludes halogenated alkanes) is 5. The van der Waals surface area contributed by atoms with Gasteiger partial charge in [-0.05, 0) is 19.3 Å². The maximum absolute atomic E-state index is 2.49. The van der Waals surface area contributed by atoms with Gasteiger partial charge in [-0.25, -0.2) is 0 Å². The molecule has 3 heteroatoms. The van der Waals surface area contributed by atoms with Crippen molar-refractivity contribution < 1.29 is 16.9 Å². The van der Waals surface area contributed by atoms with E-state index < -0.39 is 8.07 Å². The van der Waals surface area contributed by atoms with Gasteiger partial charge in [0.1, 0.15) is 0 Å². The van der Waals surface area contributed by atoms with Gasteiger partial charge < -0.3 is 16.9 Å². The van der Waals surface area contributed by atoms with Crippen LogP contribution < -0.4 is 12.4 Å². The molecule has 0 aromatic rings. The Labute approximate surface area is 130 Å². The molecule has 0 aromatic carbocycles. The molecule has 0 saturated heterocycles. The second kappa shape index (κ2) is 11.2. The summed E-state index contributed by atoms with van der Waals surface area (Å²) >= 11 is 0. The molecule has 0 fully saturated rings. The van der Waals surface area contributed by atoms with Crippen LogP contribution in [-0.4, -0.2) is 39.7 Å². The van der Waals surface area contributed by atoms with Crippen molar-refractivity contribution in [2.75, 3.05) is 27.2 Å². The topological polar surface area (TPSA) is 0 Å². The van der Waals surface area contributed by atoms with Gasteiger partial charge in [0.15, 0.2) is 0 Å². The number of quaternary nitrogens is 1. The van der Waals surface area contributed by atoms with E-state index in [0.717, 1.165) is 0 Å². The normalized spacial score (nSPS) is 12.3. The molecule has 19 heavy (non-hydrogen) atoms. The summed E-state index contributed by atoms with van der Waals surface area (Å²) in [5, 5.41) is 0. The molecule has 0 bridgehead atoms. The van der Waals surface area contributed by atoms with Gasteiger partial charge in [-0.2, -0.15) is 0 Å². The van der Waals surface area contributed by atoms with Crippen LogP contribution in [0.5, 0.6) is 0 Å². The van der Waals surface area contributed by atoms with E-state index in [9.17, 15) is 0 Å². The zero-order chi connectivity index (χ0) is 14.1. The van der Waals surface area contributed by atoms with E-state index in [-0.39, 0.29) is 12.4 Å². The molecule has 0 N–H and O–H groups in total. The van der Waals surface area contributed by atoms with Gasteiger partial charge in [-0.3, -0.25) is 0 Å². The lowest BCUT2D eigenvalue weighted by Gasteiger charge is -2.31. The van der Waals surface area contributed by atoms with Crippen LogP contribution in [0.2, 0.25) is 25.7 Å². The molecule has 0 rings (SSSR count). The number of hydrogen-bond donors (Lipinski definition) is 0. The lowest BCUT2D eigenvalue weighted by Crippen LogP contribution is -3.00. The van der Waals surface area contributed by atoms with Gasteiger partial charge in [0.05, 0.1) is 27.2 Å². The lowest BCUT2D eigenvalue weighted by atomic mass is 10.1. The van der Waals surface area contributed by atoms with E-state index in [1.165, 1.54) is 68.6 Å². The summed E-state index contributed by atoms with van der Waals surface area (Å²) < 4.78 is 1.23. The highest BCUT2D eigenvalue weighted by Crippen LogP contribution is 2.14. The van der Waals surface area contributed by atoms with Crippen molar-refractivity contribution in [3.8, 4) is 0 Å². The standard InChI is InChI=1S/C16H38NSi.ClH/c1-7-8-9-10-11-12-14-17(2,3)15-13-16-18(4,5)6;/h7-16H2,1-6H3;1H/q+1;/p-1. The summed E-state index contributed by atoms with van der Waals surface area (Å²) in [5.74, 6) is 0. The van der Waals surface area contributed by atoms with Crippen LogP contribution in [0.4, 0.5) is 0 Å². The van der Waals surface area contributed by atoms with Crippen molar-refractivity contribution in [1.82, 2.24) is 0 Å². The highest BCUT2D eigenvalue weighted by atomic mass is 35.5. The van der Waals surface area contributed by atoms with E-state index in [2.05, 4.69) is 40.7 Å². The van der Waals surface area contributed by atoms with Crippen molar-refractivity contribution in [2.24, 2.45) is 0 Å². The summed E-state index contributed by atoms with van der Waals surface area (Å²) in [5.41, 5.74) is 0. The molecule has 0 aliphatic rings. The Morgan fingerprint density at radius 3 is 1.74 bits per heavy atom. The first kappa shape index (κ1) is 21.8. The fourth-order valence-corrected chi connectivity index (χ4v) is 3.69. The summed E-state index contributed by atoms with van der Waals surface area (Å²) in [7, 11) is 4.01. The average molecular weight is 308 g/mol. The van der Waals surface area contributed by atoms with Crippen molar-refractivity contribution in [3.63, 3.8) is 0 Å². The Morgan fingerprint density at radius 1 is 0.737 bits per heavy atom. The Morgan fingerprint density at radius 2 is 1.21 bits per heavy atom. The zero-order valence-corrected chi connectivity index (χ0v) is 16.2. The number of halogens is 1. The molecule has 0 heterocycles. The van der Waals surface area contributed by atoms with Crippen LogP contribution in [0, 0.1) is 0 Å². The van der Waals surface area contributed by atoms with Crippen molar-refractivity contribution >= 4 is 8.07 Å². The third-order valence-electron chi connectivity index (χ3n) is 3.81. The van der Waals surface area contributed by atoms with Gasteiger partial charge in [-0.15, -0.1) is 0 Å². The third-order valence-corrected chi connectivity index (χ3v) is 5.66. The predicted molar refractivity (Wildman–Crippen MR) is 88.0 cm³/mol. The lowest BCUT2D eigenvalue weighted by molar-refractivity contribution is -0.890. The fraction of sp³-hybridized carbons (Fsp3) is 1.00. The van der Waals surface area contributed by atoms with Crippen LogP contribution in [-0.2, 0) is 0 Å². The maximum atomic E-state index is 2.49. The van der Waals surface area contributed by atoms with Crippen molar-refractivity contribution in [1.29, 1.82) is 0 Å². The van der Waals surface area contributed by atoms with E-state index >= 15 is 0 Å². The number of nitrogens with zero attached hydrogens (tertiary/aromatic N) is 1. The molecular formula is C16H38ClNSi. The quantitative estimate of drug-likeness (QED) is 0.312. The Hall–Kier alpha value is 0.467. The molecule has 0 saturated carbocycles. The molecule has 0 amide bonds. The number of rotatable bonds is 11. The molecular weight excluding hydrogens is 270 g/mol. The molecule has 0 aromatic heterocycles. The fourth-order valence-electron chi connectivity index (χ4n) is 2.47. The highest BCUT2D eigenvalue weighted by Gasteiger charge is 2.18. The molecule has 1 nitrogen and oxygen atoms in total. The molecule has 0 aliphatic heterocycles. The summed E-state index contributed by atoms with van der Waals surface area (Å²) in [6, 6.07) is 1.49. The molecule has 0 radical (unpaired) electrons. The minimum absolute atomic E-state index is 0. The minimum atomic E-state index is -0.820. The smallest absolute Gasteiger partial charge is 0.0782 e. The summed E-state index contributed by atoms with van der Waals surface area (Å²) in [6.45, 7) is 12.5. The number of hydrogen-bond acceptors (Lipinski definition) is 0. The monoisotopic (exact) mass is 307 g/mol. The Kier molecular flexibility index (Phi) is 12.8. The predicted octanol–water partition coefficient (Wildman–Crippen LogP) is 2.16. The van der Waals surface area contributed by atoms with Crippen LogP contribution in [0.1, 0.15) is 51.9 Å². The van der Waals surface area contributed by atoms with Crippen LogP contribution in [0.25, 0.3) is 0 Å². The molecule has 0 unspecified atom stereocenters. The molecule has 0 spiro atoms. The van der Waals surface area contributed by atoms with Gasteiger partial charge in [0.2, 0.25) is 0 Å². The second-order valence-electron chi connectivity index (χ2n) is 7.81. The van der Waals surface area contributed by atoms with E-state index in [4.69, 9.17) is 0 Å². The second-order valence-corrected chi connectivity index (χ2v) is 13.4. The molecule has 0 aliphatic carbocycles. The molecule has 118 valence electrons. The van der Waals surface area contributed by atoms with Gasteiger partial charge >= 0.3 is 0 Å². The largest absolute Gasteiger partial charge is 1.00 e. The van der Waals surface area contributed by atoms with Crippen LogP contribution in [0.15, 0.2) is 0 Å². The first-order chi connectivity index (χ1) is 8.27. The van der Waals surface area contributed by atoms with Gasteiger partial charge in [0, 0.05) is 8.07 Å². The van der Waals surface area contributed by atoms with Crippen molar-refractivity contribution in [3.05, 3.63) is 0 Å². The molecule has 0 atom stereocenters. The van der Waals surface area contributed by atoms with E-state index in [1.807, 2.05) is 0 Å². The van der Waals surface area contributed by atoms with Gasteiger partial charge in [-0.1, -0.05) is 58.3 Å². The first-order valence-corrected chi connectivity index (χ1v) is 11.8. The van der Waals surface area contributed by atoms with Crippen molar-refractivity contribution in [2.45, 2.75) is 77.6 Å². The highest BCUT2D eigenvalue weighted by molar-refractivity contribution is 6.76. The summed E-state index contributed by atoms with van der Waals surface area (Å²) in [6.07, 6.45) is 9.97. The van der Waals surface area contributed by atoms with E-state index in [0.29, 0.717) is 0 Å². The minimum Gasteiger partial charge on any atom is -1.00 e. The Bertz CT molecular complexity index is 199. The average Bonchev–Trinajstić information content (AvgIpc) is 2.21. The Balaban J connectivity index is 0. The van der Waals surface area contributed by atoms with Crippen LogP contribution >= 0.6 is 0 Å². The van der Waals surface area contributed by atoms with Crippen LogP contribution in [0.3, 0.4) is 0 Å².